The molecule has 2 saturated heterocycles. The zero-order chi connectivity index (χ0) is 17.3. The van der Waals surface area contributed by atoms with E-state index in [-0.39, 0.29) is 12.2 Å². The van der Waals surface area contributed by atoms with E-state index in [4.69, 9.17) is 18.9 Å². The summed E-state index contributed by atoms with van der Waals surface area (Å²) in [5.74, 6) is -0.418. The lowest BCUT2D eigenvalue weighted by atomic mass is 9.92. The fourth-order valence-electron chi connectivity index (χ4n) is 3.54. The highest BCUT2D eigenvalue weighted by Gasteiger charge is 2.38. The normalized spacial score (nSPS) is 25.3. The minimum absolute atomic E-state index is 0.235. The topological polar surface area (TPSA) is 70.1 Å². The van der Waals surface area contributed by atoms with E-state index in [1.165, 1.54) is 5.57 Å². The summed E-state index contributed by atoms with van der Waals surface area (Å²) >= 11 is 0. The molecule has 3 aliphatic rings. The van der Waals surface area contributed by atoms with Crippen LogP contribution in [-0.2, 0) is 18.9 Å². The van der Waals surface area contributed by atoms with Crippen LogP contribution in [0.4, 0.5) is 10.5 Å². The summed E-state index contributed by atoms with van der Waals surface area (Å²) in [6.45, 7) is 2.22. The highest BCUT2D eigenvalue weighted by Crippen LogP contribution is 2.38. The highest BCUT2D eigenvalue weighted by molar-refractivity contribution is 5.89. The predicted molar refractivity (Wildman–Crippen MR) is 90.2 cm³/mol. The Hall–Kier alpha value is -1.96. The number of carbonyl (C=O) groups is 1. The Labute approximate surface area is 146 Å². The lowest BCUT2D eigenvalue weighted by Crippen LogP contribution is -2.31. The number of cyclic esters (lactones) is 1. The first-order valence-electron chi connectivity index (χ1n) is 8.60. The summed E-state index contributed by atoms with van der Waals surface area (Å²) in [5.41, 5.74) is 2.86. The van der Waals surface area contributed by atoms with Crippen molar-refractivity contribution in [2.45, 2.75) is 31.2 Å². The van der Waals surface area contributed by atoms with Crippen molar-refractivity contribution in [3.8, 4) is 0 Å². The Bertz CT molecular complexity index is 667. The van der Waals surface area contributed by atoms with Crippen molar-refractivity contribution in [1.29, 1.82) is 0 Å². The quantitative estimate of drug-likeness (QED) is 0.834. The maximum absolute atomic E-state index is 12.0. The molecule has 7 nitrogen and oxygen atoms in total. The van der Waals surface area contributed by atoms with Gasteiger partial charge in [0.25, 0.3) is 0 Å². The second-order valence-corrected chi connectivity index (χ2v) is 6.51. The van der Waals surface area contributed by atoms with Gasteiger partial charge < -0.3 is 18.9 Å². The summed E-state index contributed by atoms with van der Waals surface area (Å²) in [6, 6.07) is 3.86. The van der Waals surface area contributed by atoms with Crippen LogP contribution >= 0.6 is 0 Å². The van der Waals surface area contributed by atoms with Gasteiger partial charge in [0.15, 0.2) is 5.79 Å². The van der Waals surface area contributed by atoms with Crippen LogP contribution in [-0.4, -0.2) is 56.4 Å². The number of pyridine rings is 1. The van der Waals surface area contributed by atoms with Crippen molar-refractivity contribution in [2.75, 3.05) is 38.4 Å². The molecule has 2 fully saturated rings. The van der Waals surface area contributed by atoms with E-state index in [2.05, 4.69) is 11.1 Å². The predicted octanol–water partition coefficient (Wildman–Crippen LogP) is 2.36. The van der Waals surface area contributed by atoms with E-state index in [0.717, 1.165) is 30.6 Å². The molecule has 0 aromatic carbocycles. The largest absolute Gasteiger partial charge is 0.441 e. The Kier molecular flexibility index (Phi) is 4.45. The SMILES string of the molecule is COCC1CN(c2ccc(C3=CCC4(CC3)OCCO4)nc2)C(=O)O1. The third-order valence-electron chi connectivity index (χ3n) is 4.86. The molecule has 134 valence electrons. The molecule has 0 N–H and O–H groups in total. The molecule has 4 rings (SSSR count). The monoisotopic (exact) mass is 346 g/mol. The summed E-state index contributed by atoms with van der Waals surface area (Å²) < 4.78 is 21.8. The molecule has 1 spiro atoms. The number of ether oxygens (including phenoxy) is 4. The maximum Gasteiger partial charge on any atom is 0.414 e. The van der Waals surface area contributed by atoms with Gasteiger partial charge >= 0.3 is 6.09 Å². The zero-order valence-electron chi connectivity index (χ0n) is 14.3. The molecule has 2 aliphatic heterocycles. The number of nitrogens with zero attached hydrogens (tertiary/aromatic N) is 2. The van der Waals surface area contributed by atoms with Gasteiger partial charge in [-0.15, -0.1) is 0 Å². The van der Waals surface area contributed by atoms with Crippen molar-refractivity contribution >= 4 is 17.4 Å². The van der Waals surface area contributed by atoms with Crippen LogP contribution in [0.2, 0.25) is 0 Å². The number of amides is 1. The van der Waals surface area contributed by atoms with Gasteiger partial charge in [-0.3, -0.25) is 9.88 Å². The Morgan fingerprint density at radius 1 is 1.36 bits per heavy atom. The third kappa shape index (κ3) is 3.27. The molecule has 1 aromatic heterocycles. The van der Waals surface area contributed by atoms with Crippen LogP contribution in [0.25, 0.3) is 5.57 Å². The lowest BCUT2D eigenvalue weighted by molar-refractivity contribution is -0.159. The molecular formula is C18H22N2O5. The number of hydrogen-bond acceptors (Lipinski definition) is 6. The first-order chi connectivity index (χ1) is 12.2. The summed E-state index contributed by atoms with van der Waals surface area (Å²) in [5, 5.41) is 0. The Balaban J connectivity index is 1.44. The molecule has 1 amide bonds. The second kappa shape index (κ2) is 6.74. The molecule has 25 heavy (non-hydrogen) atoms. The summed E-state index contributed by atoms with van der Waals surface area (Å²) in [7, 11) is 1.59. The Morgan fingerprint density at radius 2 is 2.20 bits per heavy atom. The van der Waals surface area contributed by atoms with Crippen LogP contribution in [0.1, 0.15) is 25.0 Å². The number of hydrogen-bond donors (Lipinski definition) is 0. The fourth-order valence-corrected chi connectivity index (χ4v) is 3.54. The van der Waals surface area contributed by atoms with E-state index in [0.29, 0.717) is 26.4 Å². The van der Waals surface area contributed by atoms with Gasteiger partial charge in [-0.2, -0.15) is 0 Å². The minimum Gasteiger partial charge on any atom is -0.441 e. The zero-order valence-corrected chi connectivity index (χ0v) is 14.3. The molecule has 1 aromatic rings. The van der Waals surface area contributed by atoms with Gasteiger partial charge in [0, 0.05) is 20.0 Å². The lowest BCUT2D eigenvalue weighted by Gasteiger charge is -2.30. The van der Waals surface area contributed by atoms with E-state index in [1.54, 1.807) is 18.2 Å². The van der Waals surface area contributed by atoms with E-state index >= 15 is 0 Å². The maximum atomic E-state index is 12.0. The average molecular weight is 346 g/mol. The molecule has 7 heteroatoms. The van der Waals surface area contributed by atoms with Crippen molar-refractivity contribution in [3.05, 3.63) is 30.1 Å². The van der Waals surface area contributed by atoms with E-state index in [1.807, 2.05) is 12.1 Å². The minimum atomic E-state index is -0.418. The molecule has 0 radical (unpaired) electrons. The number of aromatic nitrogens is 1. The molecule has 1 aliphatic carbocycles. The van der Waals surface area contributed by atoms with Gasteiger partial charge in [-0.25, -0.2) is 4.79 Å². The third-order valence-corrected chi connectivity index (χ3v) is 4.86. The van der Waals surface area contributed by atoms with Gasteiger partial charge in [0.1, 0.15) is 6.10 Å². The summed E-state index contributed by atoms with van der Waals surface area (Å²) in [4.78, 5) is 18.1. The molecule has 1 unspecified atom stereocenters. The standard InChI is InChI=1S/C18H22N2O5/c1-22-12-15-11-20(17(21)25-15)14-2-3-16(19-10-14)13-4-6-18(7-5-13)23-8-9-24-18/h2-4,10,15H,5-9,11-12H2,1H3. The average Bonchev–Trinajstić information content (AvgIpc) is 3.23. The van der Waals surface area contributed by atoms with Gasteiger partial charge in [0.05, 0.1) is 43.9 Å². The van der Waals surface area contributed by atoms with Crippen molar-refractivity contribution in [2.24, 2.45) is 0 Å². The van der Waals surface area contributed by atoms with Crippen LogP contribution < -0.4 is 4.90 Å². The molecule has 0 bridgehead atoms. The van der Waals surface area contributed by atoms with Crippen molar-refractivity contribution in [3.63, 3.8) is 0 Å². The van der Waals surface area contributed by atoms with Crippen LogP contribution in [0.5, 0.6) is 0 Å². The number of rotatable bonds is 4. The van der Waals surface area contributed by atoms with E-state index in [9.17, 15) is 4.79 Å². The fraction of sp³-hybridized carbons (Fsp3) is 0.556. The van der Waals surface area contributed by atoms with Crippen molar-refractivity contribution in [1.82, 2.24) is 4.98 Å². The number of anilines is 1. The molecule has 1 atom stereocenters. The van der Waals surface area contributed by atoms with Crippen molar-refractivity contribution < 1.29 is 23.7 Å². The first-order valence-corrected chi connectivity index (χ1v) is 8.60. The van der Waals surface area contributed by atoms with Crippen LogP contribution in [0.15, 0.2) is 24.4 Å². The molecule has 3 heterocycles. The van der Waals surface area contributed by atoms with E-state index < -0.39 is 5.79 Å². The smallest absolute Gasteiger partial charge is 0.414 e. The molecule has 0 saturated carbocycles. The number of carbonyl (C=O) groups excluding carboxylic acids is 1. The second-order valence-electron chi connectivity index (χ2n) is 6.51. The number of allylic oxidation sites excluding steroid dienone is 1. The highest BCUT2D eigenvalue weighted by atomic mass is 16.7. The van der Waals surface area contributed by atoms with Gasteiger partial charge in [0.2, 0.25) is 0 Å². The molecular weight excluding hydrogens is 324 g/mol. The Morgan fingerprint density at radius 3 is 2.84 bits per heavy atom. The van der Waals surface area contributed by atoms with Gasteiger partial charge in [-0.1, -0.05) is 6.08 Å². The summed E-state index contributed by atoms with van der Waals surface area (Å²) in [6.07, 6.45) is 5.75. The van der Waals surface area contributed by atoms with Gasteiger partial charge in [-0.05, 0) is 24.1 Å². The number of methoxy groups -OCH3 is 1. The van der Waals surface area contributed by atoms with Crippen LogP contribution in [0.3, 0.4) is 0 Å². The first kappa shape index (κ1) is 16.5. The van der Waals surface area contributed by atoms with Crippen LogP contribution in [0, 0.1) is 0 Å².